The number of carbonyl (C=O) groups is 1. The molecular formula is C13H19ClN2O. The minimum absolute atomic E-state index is 0. The van der Waals surface area contributed by atoms with Crippen molar-refractivity contribution < 1.29 is 4.79 Å². The van der Waals surface area contributed by atoms with Gasteiger partial charge in [-0.05, 0) is 18.9 Å². The summed E-state index contributed by atoms with van der Waals surface area (Å²) in [5.41, 5.74) is 1.21. The van der Waals surface area contributed by atoms with Crippen molar-refractivity contribution in [1.82, 2.24) is 10.2 Å². The molecular weight excluding hydrogens is 236 g/mol. The summed E-state index contributed by atoms with van der Waals surface area (Å²) in [5.74, 6) is 0.234. The third-order valence-electron chi connectivity index (χ3n) is 3.05. The first-order valence-corrected chi connectivity index (χ1v) is 5.87. The molecule has 0 saturated carbocycles. The lowest BCUT2D eigenvalue weighted by atomic mass is 10.0. The van der Waals surface area contributed by atoms with E-state index in [9.17, 15) is 4.79 Å². The Bertz CT molecular complexity index is 356. The molecule has 0 aliphatic carbocycles. The van der Waals surface area contributed by atoms with Crippen molar-refractivity contribution in [3.63, 3.8) is 0 Å². The van der Waals surface area contributed by atoms with E-state index in [1.807, 2.05) is 30.0 Å². The number of benzene rings is 1. The fraction of sp³-hybridized carbons (Fsp3) is 0.462. The summed E-state index contributed by atoms with van der Waals surface area (Å²) in [5, 5.41) is 3.29. The summed E-state index contributed by atoms with van der Waals surface area (Å²) in [6.07, 6.45) is 0.788. The van der Waals surface area contributed by atoms with Gasteiger partial charge in [-0.25, -0.2) is 0 Å². The zero-order valence-electron chi connectivity index (χ0n) is 10.1. The number of piperazine rings is 1. The van der Waals surface area contributed by atoms with Crippen LogP contribution < -0.4 is 5.32 Å². The number of halogens is 1. The van der Waals surface area contributed by atoms with Crippen molar-refractivity contribution in [1.29, 1.82) is 0 Å². The Labute approximate surface area is 109 Å². The molecule has 1 N–H and O–H groups in total. The molecule has 1 fully saturated rings. The summed E-state index contributed by atoms with van der Waals surface area (Å²) in [4.78, 5) is 13.9. The van der Waals surface area contributed by atoms with E-state index in [0.717, 1.165) is 26.1 Å². The monoisotopic (exact) mass is 254 g/mol. The molecule has 1 aliphatic heterocycles. The van der Waals surface area contributed by atoms with Crippen molar-refractivity contribution >= 4 is 18.3 Å². The first-order chi connectivity index (χ1) is 7.81. The summed E-state index contributed by atoms with van der Waals surface area (Å²) in [6.45, 7) is 4.58. The van der Waals surface area contributed by atoms with E-state index in [4.69, 9.17) is 0 Å². The maximum absolute atomic E-state index is 12.0. The van der Waals surface area contributed by atoms with Crippen LogP contribution in [0.15, 0.2) is 30.3 Å². The smallest absolute Gasteiger partial charge is 0.240 e. The highest BCUT2D eigenvalue weighted by atomic mass is 35.5. The van der Waals surface area contributed by atoms with Gasteiger partial charge in [-0.3, -0.25) is 4.79 Å². The highest BCUT2D eigenvalue weighted by Crippen LogP contribution is 2.08. The first kappa shape index (κ1) is 14.0. The van der Waals surface area contributed by atoms with Crippen LogP contribution in [-0.4, -0.2) is 36.5 Å². The molecule has 1 saturated heterocycles. The number of hydrogen-bond acceptors (Lipinski definition) is 2. The highest BCUT2D eigenvalue weighted by Gasteiger charge is 2.26. The number of nitrogens with one attached hydrogen (secondary N) is 1. The Balaban J connectivity index is 0.00000144. The zero-order valence-corrected chi connectivity index (χ0v) is 10.9. The van der Waals surface area contributed by atoms with E-state index >= 15 is 0 Å². The van der Waals surface area contributed by atoms with Crippen molar-refractivity contribution in [3.05, 3.63) is 35.9 Å². The second kappa shape index (κ2) is 6.62. The number of nitrogens with zero attached hydrogens (tertiary/aromatic N) is 1. The van der Waals surface area contributed by atoms with Crippen LogP contribution in [0.2, 0.25) is 0 Å². The van der Waals surface area contributed by atoms with Crippen molar-refractivity contribution in [2.24, 2.45) is 0 Å². The Morgan fingerprint density at radius 3 is 2.71 bits per heavy atom. The molecule has 94 valence electrons. The lowest BCUT2D eigenvalue weighted by Gasteiger charge is -2.32. The Morgan fingerprint density at radius 1 is 1.35 bits per heavy atom. The van der Waals surface area contributed by atoms with Crippen LogP contribution >= 0.6 is 12.4 Å². The predicted molar refractivity (Wildman–Crippen MR) is 71.4 cm³/mol. The maximum Gasteiger partial charge on any atom is 0.240 e. The molecule has 1 unspecified atom stereocenters. The van der Waals surface area contributed by atoms with Crippen LogP contribution in [0.25, 0.3) is 0 Å². The summed E-state index contributed by atoms with van der Waals surface area (Å²) < 4.78 is 0. The van der Waals surface area contributed by atoms with Crippen LogP contribution in [0, 0.1) is 0 Å². The standard InChI is InChI=1S/C13H18N2O.ClH/c1-2-15-9-8-14-12(13(15)16)10-11-6-4-3-5-7-11;/h3-7,12,14H,2,8-10H2,1H3;1H. The van der Waals surface area contributed by atoms with Gasteiger partial charge >= 0.3 is 0 Å². The van der Waals surface area contributed by atoms with Crippen LogP contribution in [-0.2, 0) is 11.2 Å². The average Bonchev–Trinajstić information content (AvgIpc) is 2.33. The molecule has 0 radical (unpaired) electrons. The Morgan fingerprint density at radius 2 is 2.06 bits per heavy atom. The van der Waals surface area contributed by atoms with Gasteiger partial charge in [0, 0.05) is 19.6 Å². The molecule has 2 rings (SSSR count). The van der Waals surface area contributed by atoms with Gasteiger partial charge in [0.25, 0.3) is 0 Å². The largest absolute Gasteiger partial charge is 0.340 e. The van der Waals surface area contributed by atoms with Gasteiger partial charge in [0.15, 0.2) is 0 Å². The van der Waals surface area contributed by atoms with E-state index in [1.165, 1.54) is 5.56 Å². The normalized spacial score (nSPS) is 19.9. The van der Waals surface area contributed by atoms with E-state index in [2.05, 4.69) is 17.4 Å². The van der Waals surface area contributed by atoms with Gasteiger partial charge in [0.2, 0.25) is 5.91 Å². The highest BCUT2D eigenvalue weighted by molar-refractivity contribution is 5.85. The van der Waals surface area contributed by atoms with Gasteiger partial charge in [-0.2, -0.15) is 0 Å². The van der Waals surface area contributed by atoms with Crippen LogP contribution in [0.4, 0.5) is 0 Å². The molecule has 0 aromatic heterocycles. The summed E-state index contributed by atoms with van der Waals surface area (Å²) >= 11 is 0. The van der Waals surface area contributed by atoms with Gasteiger partial charge in [-0.1, -0.05) is 30.3 Å². The summed E-state index contributed by atoms with van der Waals surface area (Å²) in [6, 6.07) is 10.1. The molecule has 1 atom stereocenters. The SMILES string of the molecule is CCN1CCNC(Cc2ccccc2)C1=O.Cl. The fourth-order valence-electron chi connectivity index (χ4n) is 2.11. The van der Waals surface area contributed by atoms with Gasteiger partial charge in [-0.15, -0.1) is 12.4 Å². The van der Waals surface area contributed by atoms with E-state index < -0.39 is 0 Å². The van der Waals surface area contributed by atoms with E-state index in [-0.39, 0.29) is 24.4 Å². The molecule has 1 amide bonds. The molecule has 3 nitrogen and oxygen atoms in total. The number of hydrogen-bond donors (Lipinski definition) is 1. The maximum atomic E-state index is 12.0. The van der Waals surface area contributed by atoms with Crippen molar-refractivity contribution in [2.45, 2.75) is 19.4 Å². The van der Waals surface area contributed by atoms with Gasteiger partial charge in [0.1, 0.15) is 0 Å². The number of carbonyl (C=O) groups excluding carboxylic acids is 1. The topological polar surface area (TPSA) is 32.3 Å². The van der Waals surface area contributed by atoms with Crippen LogP contribution in [0.3, 0.4) is 0 Å². The lowest BCUT2D eigenvalue weighted by molar-refractivity contribution is -0.135. The minimum atomic E-state index is -0.0453. The Kier molecular flexibility index (Phi) is 5.45. The van der Waals surface area contributed by atoms with Crippen LogP contribution in [0.1, 0.15) is 12.5 Å². The molecule has 1 aromatic rings. The second-order valence-corrected chi connectivity index (χ2v) is 4.11. The number of likely N-dealkylation sites (N-methyl/N-ethyl adjacent to an activating group) is 1. The van der Waals surface area contributed by atoms with E-state index in [0.29, 0.717) is 0 Å². The molecule has 17 heavy (non-hydrogen) atoms. The molecule has 0 spiro atoms. The Hall–Kier alpha value is -1.06. The molecule has 0 bridgehead atoms. The quantitative estimate of drug-likeness (QED) is 0.886. The minimum Gasteiger partial charge on any atom is -0.340 e. The second-order valence-electron chi connectivity index (χ2n) is 4.11. The average molecular weight is 255 g/mol. The van der Waals surface area contributed by atoms with Crippen LogP contribution in [0.5, 0.6) is 0 Å². The van der Waals surface area contributed by atoms with Crippen molar-refractivity contribution in [2.75, 3.05) is 19.6 Å². The van der Waals surface area contributed by atoms with Crippen molar-refractivity contribution in [3.8, 4) is 0 Å². The molecule has 1 aromatic carbocycles. The van der Waals surface area contributed by atoms with E-state index in [1.54, 1.807) is 0 Å². The fourth-order valence-corrected chi connectivity index (χ4v) is 2.11. The third kappa shape index (κ3) is 3.45. The lowest BCUT2D eigenvalue weighted by Crippen LogP contribution is -2.55. The zero-order chi connectivity index (χ0) is 11.4. The molecule has 4 heteroatoms. The third-order valence-corrected chi connectivity index (χ3v) is 3.05. The summed E-state index contributed by atoms with van der Waals surface area (Å²) in [7, 11) is 0. The molecule has 1 heterocycles. The first-order valence-electron chi connectivity index (χ1n) is 5.87. The number of rotatable bonds is 3. The predicted octanol–water partition coefficient (Wildman–Crippen LogP) is 1.47. The van der Waals surface area contributed by atoms with Gasteiger partial charge in [0.05, 0.1) is 6.04 Å². The number of amides is 1. The van der Waals surface area contributed by atoms with Gasteiger partial charge < -0.3 is 10.2 Å². The molecule has 1 aliphatic rings.